The Labute approximate surface area is 94.8 Å². The molecule has 0 aliphatic heterocycles. The van der Waals surface area contributed by atoms with Gasteiger partial charge in [-0.15, -0.1) is 0 Å². The topological polar surface area (TPSA) is 29.1 Å². The van der Waals surface area contributed by atoms with E-state index in [1.54, 1.807) is 0 Å². The van der Waals surface area contributed by atoms with Crippen molar-refractivity contribution in [1.29, 1.82) is 0 Å². The summed E-state index contributed by atoms with van der Waals surface area (Å²) in [6.45, 7) is 9.21. The number of hydrogen-bond donors (Lipinski definition) is 1. The van der Waals surface area contributed by atoms with Crippen LogP contribution in [0.1, 0.15) is 66.2 Å². The van der Waals surface area contributed by atoms with Gasteiger partial charge in [0.15, 0.2) is 0 Å². The van der Waals surface area contributed by atoms with Crippen LogP contribution in [0.5, 0.6) is 0 Å². The largest absolute Gasteiger partial charge is 0.356 e. The van der Waals surface area contributed by atoms with E-state index in [0.717, 1.165) is 25.8 Å². The van der Waals surface area contributed by atoms with Gasteiger partial charge in [-0.2, -0.15) is 0 Å². The minimum Gasteiger partial charge on any atom is -0.356 e. The molecule has 0 unspecified atom stereocenters. The van der Waals surface area contributed by atoms with Crippen LogP contribution in [0.15, 0.2) is 0 Å². The lowest BCUT2D eigenvalue weighted by molar-refractivity contribution is -0.129. The monoisotopic (exact) mass is 213 g/mol. The first-order chi connectivity index (χ1) is 7.04. The Morgan fingerprint density at radius 3 is 2.27 bits per heavy atom. The van der Waals surface area contributed by atoms with Gasteiger partial charge in [-0.25, -0.2) is 0 Å². The average Bonchev–Trinajstić information content (AvgIpc) is 2.17. The van der Waals surface area contributed by atoms with Crippen LogP contribution in [0, 0.1) is 5.41 Å². The maximum absolute atomic E-state index is 11.8. The van der Waals surface area contributed by atoms with Gasteiger partial charge in [0.1, 0.15) is 0 Å². The molecule has 2 nitrogen and oxygen atoms in total. The molecule has 15 heavy (non-hydrogen) atoms. The van der Waals surface area contributed by atoms with Crippen LogP contribution in [0.25, 0.3) is 0 Å². The standard InChI is InChI=1S/C13H27NO/c1-5-7-8-9-11-14-12(15)13(3,4)10-6-2/h5-11H2,1-4H3,(H,14,15). The molecule has 90 valence electrons. The van der Waals surface area contributed by atoms with Crippen molar-refractivity contribution in [2.75, 3.05) is 6.54 Å². The average molecular weight is 213 g/mol. The normalized spacial score (nSPS) is 11.5. The number of rotatable bonds is 8. The van der Waals surface area contributed by atoms with Crippen LogP contribution in [0.2, 0.25) is 0 Å². The Hall–Kier alpha value is -0.530. The lowest BCUT2D eigenvalue weighted by atomic mass is 9.87. The first-order valence-electron chi connectivity index (χ1n) is 6.33. The van der Waals surface area contributed by atoms with Crippen molar-refractivity contribution >= 4 is 5.91 Å². The lowest BCUT2D eigenvalue weighted by Crippen LogP contribution is -2.37. The number of unbranched alkanes of at least 4 members (excludes halogenated alkanes) is 3. The molecule has 0 aromatic heterocycles. The summed E-state index contributed by atoms with van der Waals surface area (Å²) in [4.78, 5) is 11.8. The van der Waals surface area contributed by atoms with Crippen LogP contribution in [0.4, 0.5) is 0 Å². The molecule has 0 aromatic rings. The Balaban J connectivity index is 3.64. The molecule has 0 radical (unpaired) electrons. The maximum atomic E-state index is 11.8. The predicted molar refractivity (Wildman–Crippen MR) is 65.8 cm³/mol. The number of amides is 1. The van der Waals surface area contributed by atoms with E-state index in [1.807, 2.05) is 13.8 Å². The van der Waals surface area contributed by atoms with Crippen LogP contribution < -0.4 is 5.32 Å². The molecule has 2 heteroatoms. The SMILES string of the molecule is CCCCCCNC(=O)C(C)(C)CCC. The molecule has 0 fully saturated rings. The van der Waals surface area contributed by atoms with Crippen molar-refractivity contribution in [3.8, 4) is 0 Å². The Morgan fingerprint density at radius 2 is 1.73 bits per heavy atom. The van der Waals surface area contributed by atoms with Crippen molar-refractivity contribution in [1.82, 2.24) is 5.32 Å². The second-order valence-electron chi connectivity index (χ2n) is 4.95. The molecule has 0 heterocycles. The third kappa shape index (κ3) is 6.53. The number of carbonyl (C=O) groups excluding carboxylic acids is 1. The summed E-state index contributed by atoms with van der Waals surface area (Å²) in [6, 6.07) is 0. The zero-order valence-electron chi connectivity index (χ0n) is 10.9. The predicted octanol–water partition coefficient (Wildman–Crippen LogP) is 3.51. The third-order valence-corrected chi connectivity index (χ3v) is 2.81. The summed E-state index contributed by atoms with van der Waals surface area (Å²) in [5, 5.41) is 3.03. The van der Waals surface area contributed by atoms with E-state index in [0.29, 0.717) is 0 Å². The zero-order valence-corrected chi connectivity index (χ0v) is 10.9. The van der Waals surface area contributed by atoms with Crippen LogP contribution in [-0.4, -0.2) is 12.5 Å². The van der Waals surface area contributed by atoms with Gasteiger partial charge < -0.3 is 5.32 Å². The molecule has 0 saturated heterocycles. The van der Waals surface area contributed by atoms with Gasteiger partial charge in [-0.05, 0) is 12.8 Å². The highest BCUT2D eigenvalue weighted by atomic mass is 16.2. The number of carbonyl (C=O) groups is 1. The van der Waals surface area contributed by atoms with Gasteiger partial charge in [0.25, 0.3) is 0 Å². The molecule has 0 spiro atoms. The minimum absolute atomic E-state index is 0.195. The van der Waals surface area contributed by atoms with Gasteiger partial charge in [0.05, 0.1) is 0 Å². The Kier molecular flexibility index (Phi) is 7.45. The second-order valence-corrected chi connectivity index (χ2v) is 4.95. The summed E-state index contributed by atoms with van der Waals surface area (Å²) in [7, 11) is 0. The van der Waals surface area contributed by atoms with Gasteiger partial charge in [0.2, 0.25) is 5.91 Å². The maximum Gasteiger partial charge on any atom is 0.225 e. The molecule has 1 amide bonds. The Bertz CT molecular complexity index is 175. The van der Waals surface area contributed by atoms with E-state index in [9.17, 15) is 4.79 Å². The smallest absolute Gasteiger partial charge is 0.225 e. The molecule has 1 N–H and O–H groups in total. The van der Waals surface area contributed by atoms with Gasteiger partial charge in [-0.1, -0.05) is 53.4 Å². The summed E-state index contributed by atoms with van der Waals surface area (Å²) in [6.07, 6.45) is 6.89. The highest BCUT2D eigenvalue weighted by Gasteiger charge is 2.25. The van der Waals surface area contributed by atoms with E-state index < -0.39 is 0 Å². The summed E-state index contributed by atoms with van der Waals surface area (Å²) < 4.78 is 0. The first-order valence-corrected chi connectivity index (χ1v) is 6.33. The van der Waals surface area contributed by atoms with Gasteiger partial charge >= 0.3 is 0 Å². The van der Waals surface area contributed by atoms with E-state index in [4.69, 9.17) is 0 Å². The number of hydrogen-bond acceptors (Lipinski definition) is 1. The van der Waals surface area contributed by atoms with E-state index in [2.05, 4.69) is 19.2 Å². The van der Waals surface area contributed by atoms with Crippen molar-refractivity contribution < 1.29 is 4.79 Å². The minimum atomic E-state index is -0.195. The van der Waals surface area contributed by atoms with Crippen molar-refractivity contribution in [2.45, 2.75) is 66.2 Å². The van der Waals surface area contributed by atoms with Gasteiger partial charge in [0, 0.05) is 12.0 Å². The lowest BCUT2D eigenvalue weighted by Gasteiger charge is -2.22. The molecule has 0 aliphatic carbocycles. The molecular formula is C13H27NO. The first kappa shape index (κ1) is 14.5. The molecule has 0 aliphatic rings. The van der Waals surface area contributed by atoms with E-state index >= 15 is 0 Å². The molecule has 0 atom stereocenters. The quantitative estimate of drug-likeness (QED) is 0.614. The summed E-state index contributed by atoms with van der Waals surface area (Å²) in [5.74, 6) is 0.209. The molecule has 0 saturated carbocycles. The fraction of sp³-hybridized carbons (Fsp3) is 0.923. The summed E-state index contributed by atoms with van der Waals surface area (Å²) >= 11 is 0. The van der Waals surface area contributed by atoms with Crippen molar-refractivity contribution in [3.63, 3.8) is 0 Å². The zero-order chi connectivity index (χ0) is 11.7. The fourth-order valence-corrected chi connectivity index (χ4v) is 1.73. The molecule has 0 bridgehead atoms. The molecule has 0 rings (SSSR count). The fourth-order valence-electron chi connectivity index (χ4n) is 1.73. The van der Waals surface area contributed by atoms with E-state index in [1.165, 1.54) is 19.3 Å². The van der Waals surface area contributed by atoms with Gasteiger partial charge in [-0.3, -0.25) is 4.79 Å². The van der Waals surface area contributed by atoms with Crippen LogP contribution in [-0.2, 0) is 4.79 Å². The van der Waals surface area contributed by atoms with Crippen molar-refractivity contribution in [2.24, 2.45) is 5.41 Å². The summed E-state index contributed by atoms with van der Waals surface area (Å²) in [5.41, 5.74) is -0.195. The second kappa shape index (κ2) is 7.72. The highest BCUT2D eigenvalue weighted by molar-refractivity contribution is 5.81. The Morgan fingerprint density at radius 1 is 1.07 bits per heavy atom. The number of nitrogens with one attached hydrogen (secondary N) is 1. The molecular weight excluding hydrogens is 186 g/mol. The third-order valence-electron chi connectivity index (χ3n) is 2.81. The van der Waals surface area contributed by atoms with Crippen molar-refractivity contribution in [3.05, 3.63) is 0 Å². The van der Waals surface area contributed by atoms with Crippen LogP contribution >= 0.6 is 0 Å². The van der Waals surface area contributed by atoms with Crippen LogP contribution in [0.3, 0.4) is 0 Å². The highest BCUT2D eigenvalue weighted by Crippen LogP contribution is 2.21. The molecule has 0 aromatic carbocycles. The van der Waals surface area contributed by atoms with E-state index in [-0.39, 0.29) is 11.3 Å².